The topological polar surface area (TPSA) is 103 Å². The first-order valence-corrected chi connectivity index (χ1v) is 5.59. The highest BCUT2D eigenvalue weighted by atomic mass is 35.5. The van der Waals surface area contributed by atoms with Gasteiger partial charge in [-0.25, -0.2) is 0 Å². The minimum Gasteiger partial charge on any atom is -0.370 e. The van der Waals surface area contributed by atoms with Crippen molar-refractivity contribution in [3.63, 3.8) is 0 Å². The maximum Gasteiger partial charge on any atom is 0.218 e. The van der Waals surface area contributed by atoms with E-state index in [2.05, 4.69) is 9.98 Å². The molecule has 5 nitrogen and oxygen atoms in total. The minimum atomic E-state index is -0.0797. The molecule has 0 aromatic heterocycles. The molecule has 92 valence electrons. The third-order valence-electron chi connectivity index (χ3n) is 2.05. The van der Waals surface area contributed by atoms with Gasteiger partial charge in [-0.1, -0.05) is 23.7 Å². The molecule has 0 aliphatic heterocycles. The zero-order chi connectivity index (χ0) is 12.7. The quantitative estimate of drug-likeness (QED) is 0.421. The number of aliphatic imine (C=N–C) groups is 2. The lowest BCUT2D eigenvalue weighted by Gasteiger charge is -2.00. The summed E-state index contributed by atoms with van der Waals surface area (Å²) in [4.78, 5) is 7.63. The number of benzene rings is 1. The molecule has 0 heterocycles. The molecule has 0 bridgehead atoms. The normalized spacial score (nSPS) is 11.2. The van der Waals surface area contributed by atoms with Gasteiger partial charge in [0.15, 0.2) is 5.96 Å². The average Bonchev–Trinajstić information content (AvgIpc) is 2.26. The Morgan fingerprint density at radius 3 is 2.35 bits per heavy atom. The summed E-state index contributed by atoms with van der Waals surface area (Å²) in [5.74, 6) is 0.0325. The second kappa shape index (κ2) is 6.75. The monoisotopic (exact) mass is 253 g/mol. The Labute approximate surface area is 105 Å². The predicted octanol–water partition coefficient (Wildman–Crippen LogP) is 0.861. The number of hydrogen-bond acceptors (Lipinski definition) is 1. The van der Waals surface area contributed by atoms with Gasteiger partial charge in [0.25, 0.3) is 0 Å². The van der Waals surface area contributed by atoms with Crippen LogP contribution in [-0.2, 0) is 6.42 Å². The summed E-state index contributed by atoms with van der Waals surface area (Å²) >= 11 is 5.79. The molecule has 0 radical (unpaired) electrons. The highest BCUT2D eigenvalue weighted by molar-refractivity contribution is 6.30. The molecule has 1 rings (SSSR count). The Bertz CT molecular complexity index is 406. The smallest absolute Gasteiger partial charge is 0.218 e. The SMILES string of the molecule is NC(N)=NC(N)=NCCCc1ccc(Cl)cc1. The molecular weight excluding hydrogens is 238 g/mol. The summed E-state index contributed by atoms with van der Waals surface area (Å²) in [6.07, 6.45) is 1.79. The van der Waals surface area contributed by atoms with E-state index in [4.69, 9.17) is 28.8 Å². The molecule has 0 saturated carbocycles. The lowest BCUT2D eigenvalue weighted by Crippen LogP contribution is -2.26. The molecule has 0 amide bonds. The Morgan fingerprint density at radius 1 is 1.12 bits per heavy atom. The van der Waals surface area contributed by atoms with Gasteiger partial charge in [0.05, 0.1) is 0 Å². The van der Waals surface area contributed by atoms with Crippen LogP contribution in [-0.4, -0.2) is 18.5 Å². The van der Waals surface area contributed by atoms with Crippen molar-refractivity contribution in [2.24, 2.45) is 27.2 Å². The van der Waals surface area contributed by atoms with E-state index in [1.807, 2.05) is 24.3 Å². The van der Waals surface area contributed by atoms with Gasteiger partial charge in [0.2, 0.25) is 5.96 Å². The third-order valence-corrected chi connectivity index (χ3v) is 2.31. The number of halogens is 1. The Morgan fingerprint density at radius 2 is 1.76 bits per heavy atom. The van der Waals surface area contributed by atoms with Crippen molar-refractivity contribution in [3.8, 4) is 0 Å². The molecular formula is C11H16ClN5. The van der Waals surface area contributed by atoms with Crippen LogP contribution in [0.4, 0.5) is 0 Å². The van der Waals surface area contributed by atoms with E-state index in [9.17, 15) is 0 Å². The molecule has 17 heavy (non-hydrogen) atoms. The van der Waals surface area contributed by atoms with Crippen molar-refractivity contribution in [2.75, 3.05) is 6.54 Å². The first-order valence-electron chi connectivity index (χ1n) is 5.22. The third kappa shape index (κ3) is 5.77. The molecule has 0 saturated heterocycles. The zero-order valence-electron chi connectivity index (χ0n) is 9.44. The van der Waals surface area contributed by atoms with Crippen LogP contribution in [0.5, 0.6) is 0 Å². The van der Waals surface area contributed by atoms with Gasteiger partial charge in [0, 0.05) is 11.6 Å². The van der Waals surface area contributed by atoms with Crippen molar-refractivity contribution >= 4 is 23.5 Å². The van der Waals surface area contributed by atoms with Crippen molar-refractivity contribution in [2.45, 2.75) is 12.8 Å². The molecule has 6 heteroatoms. The van der Waals surface area contributed by atoms with E-state index in [1.54, 1.807) is 0 Å². The molecule has 1 aromatic rings. The van der Waals surface area contributed by atoms with Gasteiger partial charge in [-0.2, -0.15) is 4.99 Å². The van der Waals surface area contributed by atoms with E-state index in [0.29, 0.717) is 6.54 Å². The summed E-state index contributed by atoms with van der Waals surface area (Å²) < 4.78 is 0. The van der Waals surface area contributed by atoms with E-state index in [0.717, 1.165) is 17.9 Å². The van der Waals surface area contributed by atoms with E-state index in [1.165, 1.54) is 5.56 Å². The maximum absolute atomic E-state index is 5.79. The van der Waals surface area contributed by atoms with Crippen LogP contribution in [0.2, 0.25) is 5.02 Å². The van der Waals surface area contributed by atoms with Crippen LogP contribution in [0.15, 0.2) is 34.3 Å². The first-order chi connectivity index (χ1) is 8.08. The second-order valence-electron chi connectivity index (χ2n) is 3.51. The lowest BCUT2D eigenvalue weighted by molar-refractivity contribution is 0.831. The summed E-state index contributed by atoms with van der Waals surface area (Å²) in [5, 5.41) is 0.740. The summed E-state index contributed by atoms with van der Waals surface area (Å²) in [5.41, 5.74) is 17.0. The van der Waals surface area contributed by atoms with Crippen LogP contribution in [0.25, 0.3) is 0 Å². The van der Waals surface area contributed by atoms with E-state index in [-0.39, 0.29) is 11.9 Å². The molecule has 0 aliphatic carbocycles. The fraction of sp³-hybridized carbons (Fsp3) is 0.273. The number of nitrogens with zero attached hydrogens (tertiary/aromatic N) is 2. The summed E-state index contributed by atoms with van der Waals surface area (Å²) in [6.45, 7) is 0.589. The fourth-order valence-corrected chi connectivity index (χ4v) is 1.42. The molecule has 0 fully saturated rings. The zero-order valence-corrected chi connectivity index (χ0v) is 10.2. The number of rotatable bonds is 4. The fourth-order valence-electron chi connectivity index (χ4n) is 1.30. The molecule has 0 spiro atoms. The number of guanidine groups is 2. The van der Waals surface area contributed by atoms with Crippen LogP contribution in [0, 0.1) is 0 Å². The lowest BCUT2D eigenvalue weighted by atomic mass is 10.1. The number of aryl methyl sites for hydroxylation is 1. The molecule has 0 unspecified atom stereocenters. The highest BCUT2D eigenvalue weighted by Gasteiger charge is 1.94. The number of nitrogens with two attached hydrogens (primary N) is 3. The largest absolute Gasteiger partial charge is 0.370 e. The van der Waals surface area contributed by atoms with Gasteiger partial charge < -0.3 is 17.2 Å². The Balaban J connectivity index is 2.33. The summed E-state index contributed by atoms with van der Waals surface area (Å²) in [7, 11) is 0. The second-order valence-corrected chi connectivity index (χ2v) is 3.94. The molecule has 0 atom stereocenters. The van der Waals surface area contributed by atoms with Crippen LogP contribution in [0.3, 0.4) is 0 Å². The maximum atomic E-state index is 5.79. The molecule has 0 aliphatic rings. The Hall–Kier alpha value is -1.75. The average molecular weight is 254 g/mol. The number of hydrogen-bond donors (Lipinski definition) is 3. The van der Waals surface area contributed by atoms with Gasteiger partial charge in [-0.3, -0.25) is 4.99 Å². The van der Waals surface area contributed by atoms with Crippen LogP contribution >= 0.6 is 11.6 Å². The summed E-state index contributed by atoms with van der Waals surface area (Å²) in [6, 6.07) is 7.72. The highest BCUT2D eigenvalue weighted by Crippen LogP contribution is 2.10. The molecule has 1 aromatic carbocycles. The predicted molar refractivity (Wildman–Crippen MR) is 72.1 cm³/mol. The van der Waals surface area contributed by atoms with Crippen molar-refractivity contribution in [1.29, 1.82) is 0 Å². The van der Waals surface area contributed by atoms with Crippen LogP contribution < -0.4 is 17.2 Å². The standard InChI is InChI=1S/C11H16ClN5/c12-9-5-3-8(4-6-9)2-1-7-16-11(15)17-10(13)14/h3-6H,1-2,7H2,(H6,13,14,15,16,17). The van der Waals surface area contributed by atoms with Gasteiger partial charge in [-0.15, -0.1) is 0 Å². The Kier molecular flexibility index (Phi) is 5.29. The van der Waals surface area contributed by atoms with Gasteiger partial charge in [-0.05, 0) is 30.5 Å². The van der Waals surface area contributed by atoms with E-state index >= 15 is 0 Å². The molecule has 6 N–H and O–H groups in total. The van der Waals surface area contributed by atoms with Crippen molar-refractivity contribution in [3.05, 3.63) is 34.9 Å². The van der Waals surface area contributed by atoms with Gasteiger partial charge >= 0.3 is 0 Å². The minimum absolute atomic E-state index is 0.0797. The van der Waals surface area contributed by atoms with Crippen molar-refractivity contribution in [1.82, 2.24) is 0 Å². The van der Waals surface area contributed by atoms with Crippen LogP contribution in [0.1, 0.15) is 12.0 Å². The van der Waals surface area contributed by atoms with Crippen molar-refractivity contribution < 1.29 is 0 Å². The van der Waals surface area contributed by atoms with E-state index < -0.39 is 0 Å². The first kappa shape index (κ1) is 13.3. The van der Waals surface area contributed by atoms with Gasteiger partial charge in [0.1, 0.15) is 0 Å².